The number of carbonyl (C=O) groups excluding carboxylic acids is 1. The van der Waals surface area contributed by atoms with E-state index in [2.05, 4.69) is 10.2 Å². The molecule has 0 spiro atoms. The Hall–Kier alpha value is -1.55. The van der Waals surface area contributed by atoms with E-state index in [0.717, 1.165) is 43.7 Å². The van der Waals surface area contributed by atoms with Crippen LogP contribution < -0.4 is 5.32 Å². The van der Waals surface area contributed by atoms with Crippen molar-refractivity contribution in [3.05, 3.63) is 63.6 Å². The number of piperidine rings is 1. The average Bonchev–Trinajstić information content (AvgIpc) is 2.61. The number of hydrogen-bond acceptors (Lipinski definition) is 2. The molecule has 1 saturated heterocycles. The Balaban J connectivity index is 1.53. The van der Waals surface area contributed by atoms with Gasteiger partial charge in [0.1, 0.15) is 0 Å². The summed E-state index contributed by atoms with van der Waals surface area (Å²) in [5.74, 6) is 0.165. The molecular weight excluding hydrogens is 355 g/mol. The van der Waals surface area contributed by atoms with Crippen molar-refractivity contribution < 1.29 is 4.79 Å². The van der Waals surface area contributed by atoms with Crippen LogP contribution in [0.4, 0.5) is 5.69 Å². The lowest BCUT2D eigenvalue weighted by Crippen LogP contribution is -2.37. The lowest BCUT2D eigenvalue weighted by molar-refractivity contribution is -0.121. The van der Waals surface area contributed by atoms with Crippen LogP contribution in [-0.2, 0) is 11.3 Å². The first-order valence-corrected chi connectivity index (χ1v) is 9.31. The molecule has 1 aliphatic heterocycles. The highest BCUT2D eigenvalue weighted by Gasteiger charge is 2.25. The fraction of sp³-hybridized carbons (Fsp3) is 0.350. The van der Waals surface area contributed by atoms with Crippen molar-refractivity contribution in [2.24, 2.45) is 5.92 Å². The lowest BCUT2D eigenvalue weighted by atomic mass is 9.95. The molecule has 3 nitrogen and oxygen atoms in total. The molecule has 0 aromatic heterocycles. The van der Waals surface area contributed by atoms with Crippen molar-refractivity contribution in [2.45, 2.75) is 26.3 Å². The van der Waals surface area contributed by atoms with Crippen molar-refractivity contribution >= 4 is 34.8 Å². The molecule has 0 radical (unpaired) electrons. The summed E-state index contributed by atoms with van der Waals surface area (Å²) in [6, 6.07) is 13.5. The highest BCUT2D eigenvalue weighted by atomic mass is 35.5. The maximum atomic E-state index is 12.5. The van der Waals surface area contributed by atoms with Gasteiger partial charge in [0.2, 0.25) is 5.91 Å². The number of hydrogen-bond donors (Lipinski definition) is 1. The van der Waals surface area contributed by atoms with E-state index >= 15 is 0 Å². The minimum absolute atomic E-state index is 0.0549. The Morgan fingerprint density at radius 1 is 1.08 bits per heavy atom. The molecular formula is C20H22Cl2N2O. The largest absolute Gasteiger partial charge is 0.326 e. The molecule has 132 valence electrons. The van der Waals surface area contributed by atoms with E-state index in [9.17, 15) is 4.79 Å². The maximum absolute atomic E-state index is 12.5. The second-order valence-electron chi connectivity index (χ2n) is 6.61. The molecule has 0 unspecified atom stereocenters. The predicted octanol–water partition coefficient (Wildman–Crippen LogP) is 5.15. The van der Waals surface area contributed by atoms with Gasteiger partial charge in [0.05, 0.1) is 0 Å². The van der Waals surface area contributed by atoms with Crippen LogP contribution in [0.15, 0.2) is 42.5 Å². The van der Waals surface area contributed by atoms with Gasteiger partial charge in [0.25, 0.3) is 0 Å². The number of carbonyl (C=O) groups is 1. The first kappa shape index (κ1) is 18.2. The Morgan fingerprint density at radius 2 is 1.68 bits per heavy atom. The summed E-state index contributed by atoms with van der Waals surface area (Å²) in [5.41, 5.74) is 3.01. The Kier molecular flexibility index (Phi) is 6.00. The van der Waals surface area contributed by atoms with E-state index in [1.165, 1.54) is 5.56 Å². The molecule has 5 heteroatoms. The summed E-state index contributed by atoms with van der Waals surface area (Å²) >= 11 is 12.5. The summed E-state index contributed by atoms with van der Waals surface area (Å²) in [4.78, 5) is 14.8. The smallest absolute Gasteiger partial charge is 0.227 e. The summed E-state index contributed by atoms with van der Waals surface area (Å²) in [5, 5.41) is 4.42. The minimum atomic E-state index is 0.0549. The van der Waals surface area contributed by atoms with Crippen LogP contribution in [0.1, 0.15) is 24.0 Å². The topological polar surface area (TPSA) is 32.3 Å². The average molecular weight is 377 g/mol. The number of amides is 1. The van der Waals surface area contributed by atoms with Gasteiger partial charge in [0, 0.05) is 33.8 Å². The third-order valence-electron chi connectivity index (χ3n) is 4.72. The van der Waals surface area contributed by atoms with Crippen LogP contribution in [-0.4, -0.2) is 23.9 Å². The third kappa shape index (κ3) is 4.75. The van der Waals surface area contributed by atoms with Gasteiger partial charge < -0.3 is 5.32 Å². The number of halogens is 2. The quantitative estimate of drug-likeness (QED) is 0.799. The highest BCUT2D eigenvalue weighted by molar-refractivity contribution is 6.35. The Bertz CT molecular complexity index is 718. The molecule has 3 rings (SSSR count). The number of benzene rings is 2. The van der Waals surface area contributed by atoms with Crippen LogP contribution >= 0.6 is 23.2 Å². The minimum Gasteiger partial charge on any atom is -0.326 e. The number of anilines is 1. The van der Waals surface area contributed by atoms with E-state index in [4.69, 9.17) is 23.2 Å². The summed E-state index contributed by atoms with van der Waals surface area (Å²) < 4.78 is 0. The van der Waals surface area contributed by atoms with Crippen molar-refractivity contribution in [2.75, 3.05) is 18.4 Å². The normalized spacial score (nSPS) is 16.0. The molecule has 1 N–H and O–H groups in total. The van der Waals surface area contributed by atoms with E-state index in [0.29, 0.717) is 10.0 Å². The molecule has 1 fully saturated rings. The highest BCUT2D eigenvalue weighted by Crippen LogP contribution is 2.28. The van der Waals surface area contributed by atoms with Gasteiger partial charge in [-0.3, -0.25) is 9.69 Å². The van der Waals surface area contributed by atoms with Crippen LogP contribution in [0.3, 0.4) is 0 Å². The number of aryl methyl sites for hydroxylation is 1. The van der Waals surface area contributed by atoms with Crippen molar-refractivity contribution in [3.8, 4) is 0 Å². The number of nitrogens with zero attached hydrogens (tertiary/aromatic N) is 1. The number of nitrogens with one attached hydrogen (secondary N) is 1. The molecule has 0 atom stereocenters. The maximum Gasteiger partial charge on any atom is 0.227 e. The van der Waals surface area contributed by atoms with Crippen molar-refractivity contribution in [3.63, 3.8) is 0 Å². The molecule has 0 bridgehead atoms. The zero-order valence-corrected chi connectivity index (χ0v) is 15.8. The van der Waals surface area contributed by atoms with E-state index in [1.807, 2.05) is 49.4 Å². The zero-order valence-electron chi connectivity index (χ0n) is 14.3. The van der Waals surface area contributed by atoms with Gasteiger partial charge in [-0.15, -0.1) is 0 Å². The fourth-order valence-electron chi connectivity index (χ4n) is 3.14. The van der Waals surface area contributed by atoms with Gasteiger partial charge in [-0.2, -0.15) is 0 Å². The monoisotopic (exact) mass is 376 g/mol. The van der Waals surface area contributed by atoms with Gasteiger partial charge in [-0.25, -0.2) is 0 Å². The molecule has 25 heavy (non-hydrogen) atoms. The Morgan fingerprint density at radius 3 is 2.28 bits per heavy atom. The van der Waals surface area contributed by atoms with Gasteiger partial charge in [-0.05, 0) is 57.1 Å². The summed E-state index contributed by atoms with van der Waals surface area (Å²) in [7, 11) is 0. The summed E-state index contributed by atoms with van der Waals surface area (Å²) in [6.07, 6.45) is 1.69. The lowest BCUT2D eigenvalue weighted by Gasteiger charge is -2.31. The first-order chi connectivity index (χ1) is 12.0. The van der Waals surface area contributed by atoms with Crippen LogP contribution in [0.5, 0.6) is 0 Å². The zero-order chi connectivity index (χ0) is 17.8. The van der Waals surface area contributed by atoms with E-state index in [-0.39, 0.29) is 11.8 Å². The molecule has 2 aromatic carbocycles. The molecule has 1 heterocycles. The molecule has 1 amide bonds. The Labute approximate surface area is 158 Å². The second-order valence-corrected chi connectivity index (χ2v) is 7.42. The van der Waals surface area contributed by atoms with Crippen molar-refractivity contribution in [1.82, 2.24) is 4.90 Å². The molecule has 1 aliphatic rings. The van der Waals surface area contributed by atoms with Crippen LogP contribution in [0.2, 0.25) is 10.0 Å². The fourth-order valence-corrected chi connectivity index (χ4v) is 3.66. The van der Waals surface area contributed by atoms with Gasteiger partial charge >= 0.3 is 0 Å². The van der Waals surface area contributed by atoms with Crippen LogP contribution in [0.25, 0.3) is 0 Å². The SMILES string of the molecule is Cc1ccc(NC(=O)C2CCN(Cc3c(Cl)cccc3Cl)CC2)cc1. The van der Waals surface area contributed by atoms with Crippen molar-refractivity contribution in [1.29, 1.82) is 0 Å². The third-order valence-corrected chi connectivity index (χ3v) is 5.43. The molecule has 2 aromatic rings. The first-order valence-electron chi connectivity index (χ1n) is 8.55. The van der Waals surface area contributed by atoms with Crippen LogP contribution in [0, 0.1) is 12.8 Å². The standard InChI is InChI=1S/C20H22Cl2N2O/c1-14-5-7-16(8-6-14)23-20(25)15-9-11-24(12-10-15)13-17-18(21)3-2-4-19(17)22/h2-8,15H,9-13H2,1H3,(H,23,25). The molecule has 0 saturated carbocycles. The second kappa shape index (κ2) is 8.22. The number of rotatable bonds is 4. The van der Waals surface area contributed by atoms with Gasteiger partial charge in [0.15, 0.2) is 0 Å². The predicted molar refractivity (Wildman–Crippen MR) is 104 cm³/mol. The summed E-state index contributed by atoms with van der Waals surface area (Å²) in [6.45, 7) is 4.50. The van der Waals surface area contributed by atoms with Gasteiger partial charge in [-0.1, -0.05) is 47.0 Å². The van der Waals surface area contributed by atoms with E-state index in [1.54, 1.807) is 0 Å². The van der Waals surface area contributed by atoms with E-state index < -0.39 is 0 Å². The molecule has 0 aliphatic carbocycles. The number of likely N-dealkylation sites (tertiary alicyclic amines) is 1.